The average molecular weight is 550 g/mol. The van der Waals surface area contributed by atoms with Crippen molar-refractivity contribution in [3.8, 4) is 5.75 Å². The minimum atomic E-state index is 0. The van der Waals surface area contributed by atoms with Gasteiger partial charge in [-0.05, 0) is 56.4 Å². The molecule has 174 valence electrons. The van der Waals surface area contributed by atoms with Crippen LogP contribution < -0.4 is 15.4 Å². The second kappa shape index (κ2) is 13.3. The molecule has 0 saturated heterocycles. The van der Waals surface area contributed by atoms with Crippen LogP contribution in [0.5, 0.6) is 5.75 Å². The van der Waals surface area contributed by atoms with E-state index in [4.69, 9.17) is 9.73 Å². The molecule has 1 aliphatic carbocycles. The number of guanidine groups is 1. The highest BCUT2D eigenvalue weighted by Gasteiger charge is 2.17. The number of hydrogen-bond donors (Lipinski definition) is 2. The number of rotatable bonds is 8. The summed E-state index contributed by atoms with van der Waals surface area (Å²) >= 11 is 0. The minimum Gasteiger partial charge on any atom is -0.490 e. The lowest BCUT2D eigenvalue weighted by molar-refractivity contribution is 0.0827. The number of nitrogens with zero attached hydrogens (tertiary/aromatic N) is 2. The Bertz CT molecular complexity index is 878. The maximum Gasteiger partial charge on any atom is 0.253 e. The number of aliphatic imine (C=N–C) groups is 1. The molecule has 0 spiro atoms. The van der Waals surface area contributed by atoms with E-state index in [0.717, 1.165) is 42.2 Å². The van der Waals surface area contributed by atoms with E-state index in [0.29, 0.717) is 24.8 Å². The summed E-state index contributed by atoms with van der Waals surface area (Å²) in [5.41, 5.74) is 2.87. The van der Waals surface area contributed by atoms with E-state index in [-0.39, 0.29) is 29.9 Å². The van der Waals surface area contributed by atoms with E-state index in [1.165, 1.54) is 12.8 Å². The van der Waals surface area contributed by atoms with Crippen molar-refractivity contribution in [1.82, 2.24) is 15.5 Å². The average Bonchev–Trinajstić information content (AvgIpc) is 3.29. The van der Waals surface area contributed by atoms with Crippen LogP contribution in [0.2, 0.25) is 0 Å². The Hall–Kier alpha value is -2.29. The zero-order chi connectivity index (χ0) is 22.1. The monoisotopic (exact) mass is 550 g/mol. The fourth-order valence-electron chi connectivity index (χ4n) is 3.65. The van der Waals surface area contributed by atoms with Gasteiger partial charge in [-0.3, -0.25) is 4.79 Å². The van der Waals surface area contributed by atoms with E-state index >= 15 is 0 Å². The second-order valence-electron chi connectivity index (χ2n) is 8.08. The first-order valence-electron chi connectivity index (χ1n) is 11.1. The predicted molar refractivity (Wildman–Crippen MR) is 141 cm³/mol. The maximum absolute atomic E-state index is 12.0. The molecular formula is C25H35IN4O2. The fraction of sp³-hybridized carbons (Fsp3) is 0.440. The van der Waals surface area contributed by atoms with Crippen LogP contribution in [-0.2, 0) is 13.1 Å². The standard InChI is InChI=1S/C25H34N4O2.HI/c1-4-26-25(27-17-19-13-15-20(16-14-19)24(30)29(2)3)28-18-21-9-5-8-12-23(21)31-22-10-6-7-11-22;/h5,8-9,12-16,22H,4,6-7,10-11,17-18H2,1-3H3,(H2,26,27,28);1H. The van der Waals surface area contributed by atoms with E-state index in [9.17, 15) is 4.79 Å². The van der Waals surface area contributed by atoms with Crippen LogP contribution in [0.25, 0.3) is 0 Å². The van der Waals surface area contributed by atoms with Gasteiger partial charge in [0.05, 0.1) is 12.6 Å². The summed E-state index contributed by atoms with van der Waals surface area (Å²) in [6.07, 6.45) is 5.14. The van der Waals surface area contributed by atoms with E-state index in [2.05, 4.69) is 29.7 Å². The number of benzene rings is 2. The van der Waals surface area contributed by atoms with Crippen LogP contribution in [0.4, 0.5) is 0 Å². The zero-order valence-corrected chi connectivity index (χ0v) is 21.6. The molecule has 2 N–H and O–H groups in total. The number of para-hydroxylation sites is 1. The molecule has 0 aliphatic heterocycles. The van der Waals surface area contributed by atoms with Crippen LogP contribution in [0.15, 0.2) is 53.5 Å². The molecule has 0 radical (unpaired) electrons. The van der Waals surface area contributed by atoms with Gasteiger partial charge in [0.1, 0.15) is 5.75 Å². The Balaban J connectivity index is 0.00000363. The van der Waals surface area contributed by atoms with Gasteiger partial charge in [-0.2, -0.15) is 0 Å². The smallest absolute Gasteiger partial charge is 0.253 e. The Morgan fingerprint density at radius 1 is 1.06 bits per heavy atom. The van der Waals surface area contributed by atoms with Crippen molar-refractivity contribution in [2.45, 2.75) is 51.8 Å². The van der Waals surface area contributed by atoms with Gasteiger partial charge in [0, 0.05) is 38.3 Å². The number of halogens is 1. The minimum absolute atomic E-state index is 0. The first-order valence-corrected chi connectivity index (χ1v) is 11.1. The largest absolute Gasteiger partial charge is 0.490 e. The van der Waals surface area contributed by atoms with Crippen molar-refractivity contribution >= 4 is 35.8 Å². The highest BCUT2D eigenvalue weighted by atomic mass is 127. The van der Waals surface area contributed by atoms with Crippen molar-refractivity contribution in [3.05, 3.63) is 65.2 Å². The summed E-state index contributed by atoms with van der Waals surface area (Å²) < 4.78 is 6.24. The topological polar surface area (TPSA) is 66.0 Å². The van der Waals surface area contributed by atoms with Crippen LogP contribution in [0.1, 0.15) is 54.1 Å². The number of amides is 1. The van der Waals surface area contributed by atoms with Gasteiger partial charge >= 0.3 is 0 Å². The Morgan fingerprint density at radius 3 is 2.41 bits per heavy atom. The molecule has 0 atom stereocenters. The Morgan fingerprint density at radius 2 is 1.75 bits per heavy atom. The molecule has 1 saturated carbocycles. The predicted octanol–water partition coefficient (Wildman–Crippen LogP) is 4.58. The van der Waals surface area contributed by atoms with Gasteiger partial charge < -0.3 is 20.3 Å². The second-order valence-corrected chi connectivity index (χ2v) is 8.08. The summed E-state index contributed by atoms with van der Waals surface area (Å²) in [5.74, 6) is 1.72. The summed E-state index contributed by atoms with van der Waals surface area (Å²) in [4.78, 5) is 18.3. The molecule has 1 amide bonds. The van der Waals surface area contributed by atoms with Gasteiger partial charge in [0.15, 0.2) is 5.96 Å². The molecular weight excluding hydrogens is 515 g/mol. The van der Waals surface area contributed by atoms with E-state index in [1.54, 1.807) is 19.0 Å². The summed E-state index contributed by atoms with van der Waals surface area (Å²) in [6, 6.07) is 15.8. The Labute approximate surface area is 208 Å². The maximum atomic E-state index is 12.0. The molecule has 1 fully saturated rings. The molecule has 1 aliphatic rings. The highest BCUT2D eigenvalue weighted by molar-refractivity contribution is 14.0. The summed E-state index contributed by atoms with van der Waals surface area (Å²) in [5, 5.41) is 6.71. The summed E-state index contributed by atoms with van der Waals surface area (Å²) in [7, 11) is 3.51. The molecule has 2 aromatic carbocycles. The molecule has 6 nitrogen and oxygen atoms in total. The van der Waals surface area contributed by atoms with Crippen LogP contribution in [-0.4, -0.2) is 43.5 Å². The Kier molecular flexibility index (Phi) is 10.8. The quantitative estimate of drug-likeness (QED) is 0.287. The molecule has 0 heterocycles. The third kappa shape index (κ3) is 7.69. The van der Waals surface area contributed by atoms with E-state index < -0.39 is 0 Å². The highest BCUT2D eigenvalue weighted by Crippen LogP contribution is 2.26. The van der Waals surface area contributed by atoms with Crippen molar-refractivity contribution in [2.75, 3.05) is 20.6 Å². The lowest BCUT2D eigenvalue weighted by atomic mass is 10.1. The normalized spacial score (nSPS) is 13.9. The number of ether oxygens (including phenoxy) is 1. The third-order valence-corrected chi connectivity index (χ3v) is 5.39. The molecule has 3 rings (SSSR count). The van der Waals surface area contributed by atoms with E-state index in [1.807, 2.05) is 36.4 Å². The van der Waals surface area contributed by atoms with Crippen LogP contribution in [0, 0.1) is 0 Å². The van der Waals surface area contributed by atoms with Gasteiger partial charge in [-0.15, -0.1) is 24.0 Å². The molecule has 0 bridgehead atoms. The van der Waals surface area contributed by atoms with Gasteiger partial charge in [0.2, 0.25) is 0 Å². The van der Waals surface area contributed by atoms with Gasteiger partial charge in [-0.1, -0.05) is 30.3 Å². The lowest BCUT2D eigenvalue weighted by Crippen LogP contribution is -2.36. The number of hydrogen-bond acceptors (Lipinski definition) is 3. The number of nitrogens with one attached hydrogen (secondary N) is 2. The van der Waals surface area contributed by atoms with Gasteiger partial charge in [-0.25, -0.2) is 4.99 Å². The van der Waals surface area contributed by atoms with Crippen molar-refractivity contribution in [1.29, 1.82) is 0 Å². The molecule has 0 aromatic heterocycles. The molecule has 0 unspecified atom stereocenters. The fourth-order valence-corrected chi connectivity index (χ4v) is 3.65. The zero-order valence-electron chi connectivity index (χ0n) is 19.3. The third-order valence-electron chi connectivity index (χ3n) is 5.39. The molecule has 7 heteroatoms. The lowest BCUT2D eigenvalue weighted by Gasteiger charge is -2.18. The molecule has 32 heavy (non-hydrogen) atoms. The molecule has 2 aromatic rings. The number of carbonyl (C=O) groups excluding carboxylic acids is 1. The van der Waals surface area contributed by atoms with Crippen LogP contribution in [0.3, 0.4) is 0 Å². The van der Waals surface area contributed by atoms with Gasteiger partial charge in [0.25, 0.3) is 5.91 Å². The first kappa shape index (κ1) is 26.0. The number of carbonyl (C=O) groups is 1. The van der Waals surface area contributed by atoms with Crippen LogP contribution >= 0.6 is 24.0 Å². The summed E-state index contributed by atoms with van der Waals surface area (Å²) in [6.45, 7) is 4.01. The SMILES string of the molecule is CCNC(=NCc1ccc(C(=O)N(C)C)cc1)NCc1ccccc1OC1CCCC1.I. The van der Waals surface area contributed by atoms with Crippen molar-refractivity contribution in [2.24, 2.45) is 4.99 Å². The van der Waals surface area contributed by atoms with Crippen molar-refractivity contribution in [3.63, 3.8) is 0 Å². The first-order chi connectivity index (χ1) is 15.1. The van der Waals surface area contributed by atoms with Crippen molar-refractivity contribution < 1.29 is 9.53 Å².